The van der Waals surface area contributed by atoms with Gasteiger partial charge >= 0.3 is 12.1 Å². The van der Waals surface area contributed by atoms with Crippen molar-refractivity contribution < 1.29 is 32.2 Å². The van der Waals surface area contributed by atoms with Crippen LogP contribution >= 0.6 is 31.9 Å². The number of hydrazone groups is 1. The highest BCUT2D eigenvalue weighted by Crippen LogP contribution is 2.37. The molecule has 2 N–H and O–H groups in total. The number of hydrogen-bond donors (Lipinski definition) is 2. The normalized spacial score (nSPS) is 11.6. The number of nitrogens with one attached hydrogen (secondary N) is 2. The van der Waals surface area contributed by atoms with Gasteiger partial charge in [0.1, 0.15) is 11.4 Å². The number of carbonyl (C=O) groups is 2. The lowest BCUT2D eigenvalue weighted by atomic mass is 10.0. The number of halogens is 5. The van der Waals surface area contributed by atoms with E-state index in [0.29, 0.717) is 31.8 Å². The minimum absolute atomic E-state index is 0.0102. The van der Waals surface area contributed by atoms with Gasteiger partial charge in [0.2, 0.25) is 0 Å². The average Bonchev–Trinajstić information content (AvgIpc) is 3.39. The molecule has 0 unspecified atom stereocenters. The number of rotatable bonds is 7. The summed E-state index contributed by atoms with van der Waals surface area (Å²) >= 11 is 6.67. The second-order valence-corrected chi connectivity index (χ2v) is 10.9. The Morgan fingerprint density at radius 3 is 2.42 bits per heavy atom. The molecule has 0 aliphatic carbocycles. The van der Waals surface area contributed by atoms with Crippen molar-refractivity contribution in [2.24, 2.45) is 5.10 Å². The van der Waals surface area contributed by atoms with E-state index in [1.165, 1.54) is 19.4 Å². The molecule has 0 bridgehead atoms. The standard InChI is InChI=1S/C31H20Br2F3N3O4/c1-42-24-12-6-11-22-25(17-7-3-2-4-8-17)27(38-26(22)24)29(40)39-37-16-19-14-21(32)15-23(33)28(19)43-30(41)18-9-5-10-20(13-18)31(34,35)36/h2-16,38H,1H3,(H,39,40). The number of fused-ring (bicyclic) bond motifs is 1. The molecule has 218 valence electrons. The Balaban J connectivity index is 1.44. The second kappa shape index (κ2) is 12.4. The van der Waals surface area contributed by atoms with Crippen LogP contribution in [0.4, 0.5) is 13.2 Å². The maximum Gasteiger partial charge on any atom is 0.416 e. The van der Waals surface area contributed by atoms with Gasteiger partial charge in [-0.15, -0.1) is 0 Å². The molecule has 5 rings (SSSR count). The predicted molar refractivity (Wildman–Crippen MR) is 164 cm³/mol. The molecule has 0 atom stereocenters. The van der Waals surface area contributed by atoms with E-state index in [0.717, 1.165) is 23.1 Å². The van der Waals surface area contributed by atoms with Crippen LogP contribution in [0.15, 0.2) is 99.0 Å². The molecule has 0 saturated heterocycles. The number of ether oxygens (including phenoxy) is 2. The van der Waals surface area contributed by atoms with Crippen molar-refractivity contribution in [2.45, 2.75) is 6.18 Å². The number of alkyl halides is 3. The third-order valence-corrected chi connectivity index (χ3v) is 7.38. The van der Waals surface area contributed by atoms with Crippen molar-refractivity contribution in [3.8, 4) is 22.6 Å². The Bertz CT molecular complexity index is 1870. The number of carbonyl (C=O) groups excluding carboxylic acids is 2. The number of amides is 1. The highest BCUT2D eigenvalue weighted by atomic mass is 79.9. The number of methoxy groups -OCH3 is 1. The first-order valence-electron chi connectivity index (χ1n) is 12.5. The van der Waals surface area contributed by atoms with Crippen molar-refractivity contribution in [3.05, 3.63) is 116 Å². The Morgan fingerprint density at radius 2 is 1.70 bits per heavy atom. The molecule has 7 nitrogen and oxygen atoms in total. The Morgan fingerprint density at radius 1 is 0.953 bits per heavy atom. The molecule has 1 aromatic heterocycles. The lowest BCUT2D eigenvalue weighted by Gasteiger charge is -2.12. The number of H-pyrrole nitrogens is 1. The quantitative estimate of drug-likeness (QED) is 0.0767. The molecule has 4 aromatic carbocycles. The van der Waals surface area contributed by atoms with Crippen molar-refractivity contribution in [2.75, 3.05) is 7.11 Å². The highest BCUT2D eigenvalue weighted by Gasteiger charge is 2.31. The summed E-state index contributed by atoms with van der Waals surface area (Å²) in [6, 6.07) is 21.9. The van der Waals surface area contributed by atoms with Crippen LogP contribution in [0.2, 0.25) is 0 Å². The monoisotopic (exact) mass is 713 g/mol. The topological polar surface area (TPSA) is 92.8 Å². The summed E-state index contributed by atoms with van der Waals surface area (Å²) in [7, 11) is 1.54. The molecule has 1 heterocycles. The van der Waals surface area contributed by atoms with Crippen molar-refractivity contribution >= 4 is 60.9 Å². The van der Waals surface area contributed by atoms with E-state index in [1.54, 1.807) is 18.2 Å². The molecule has 0 radical (unpaired) electrons. The van der Waals surface area contributed by atoms with Crippen LogP contribution < -0.4 is 14.9 Å². The van der Waals surface area contributed by atoms with E-state index in [4.69, 9.17) is 9.47 Å². The largest absolute Gasteiger partial charge is 0.495 e. The SMILES string of the molecule is COc1cccc2c(-c3ccccc3)c(C(=O)NN=Cc3cc(Br)cc(Br)c3OC(=O)c3cccc(C(F)(F)F)c3)[nH]c12. The lowest BCUT2D eigenvalue weighted by molar-refractivity contribution is -0.137. The zero-order valence-corrected chi connectivity index (χ0v) is 25.3. The Hall–Kier alpha value is -4.42. The van der Waals surface area contributed by atoms with Crippen LogP contribution in [0.1, 0.15) is 32.0 Å². The van der Waals surface area contributed by atoms with Gasteiger partial charge in [0, 0.05) is 21.0 Å². The fraction of sp³-hybridized carbons (Fsp3) is 0.0645. The van der Waals surface area contributed by atoms with E-state index in [9.17, 15) is 22.8 Å². The molecule has 0 aliphatic rings. The molecule has 0 spiro atoms. The van der Waals surface area contributed by atoms with Gasteiger partial charge in [-0.05, 0) is 57.9 Å². The van der Waals surface area contributed by atoms with Crippen LogP contribution in [-0.2, 0) is 6.18 Å². The number of benzene rings is 4. The molecular weight excluding hydrogens is 695 g/mol. The lowest BCUT2D eigenvalue weighted by Crippen LogP contribution is -2.19. The summed E-state index contributed by atoms with van der Waals surface area (Å²) in [5.74, 6) is -1.01. The van der Waals surface area contributed by atoms with Crippen LogP contribution in [0.5, 0.6) is 11.5 Å². The van der Waals surface area contributed by atoms with Crippen LogP contribution in [0.3, 0.4) is 0 Å². The zero-order valence-electron chi connectivity index (χ0n) is 22.1. The summed E-state index contributed by atoms with van der Waals surface area (Å²) < 4.78 is 51.3. The van der Waals surface area contributed by atoms with Gasteiger partial charge in [0.05, 0.1) is 34.4 Å². The van der Waals surface area contributed by atoms with Crippen molar-refractivity contribution in [1.29, 1.82) is 0 Å². The number of aromatic nitrogens is 1. The molecule has 12 heteroatoms. The van der Waals surface area contributed by atoms with Gasteiger partial charge in [-0.25, -0.2) is 10.2 Å². The molecule has 43 heavy (non-hydrogen) atoms. The summed E-state index contributed by atoms with van der Waals surface area (Å²) in [4.78, 5) is 29.4. The summed E-state index contributed by atoms with van der Waals surface area (Å²) in [6.45, 7) is 0. The summed E-state index contributed by atoms with van der Waals surface area (Å²) in [5, 5.41) is 4.85. The van der Waals surface area contributed by atoms with E-state index >= 15 is 0 Å². The predicted octanol–water partition coefficient (Wildman–Crippen LogP) is 8.37. The minimum Gasteiger partial charge on any atom is -0.495 e. The zero-order chi connectivity index (χ0) is 30.7. The third-order valence-electron chi connectivity index (χ3n) is 6.33. The first-order valence-corrected chi connectivity index (χ1v) is 14.1. The van der Waals surface area contributed by atoms with Crippen LogP contribution in [0, 0.1) is 0 Å². The van der Waals surface area contributed by atoms with Gasteiger partial charge in [0.25, 0.3) is 5.91 Å². The first-order chi connectivity index (χ1) is 20.6. The minimum atomic E-state index is -4.62. The highest BCUT2D eigenvalue weighted by molar-refractivity contribution is 9.11. The maximum atomic E-state index is 13.4. The van der Waals surface area contributed by atoms with Crippen molar-refractivity contribution in [1.82, 2.24) is 10.4 Å². The Kier molecular flexibility index (Phi) is 8.69. The molecule has 0 saturated carbocycles. The fourth-order valence-corrected chi connectivity index (χ4v) is 5.75. The smallest absolute Gasteiger partial charge is 0.416 e. The van der Waals surface area contributed by atoms with E-state index in [2.05, 4.69) is 47.4 Å². The number of aromatic amines is 1. The summed E-state index contributed by atoms with van der Waals surface area (Å²) in [6.07, 6.45) is -3.37. The second-order valence-electron chi connectivity index (χ2n) is 9.10. The van der Waals surface area contributed by atoms with E-state index < -0.39 is 23.6 Å². The maximum absolute atomic E-state index is 13.4. The van der Waals surface area contributed by atoms with Crippen molar-refractivity contribution in [3.63, 3.8) is 0 Å². The Labute approximate surface area is 260 Å². The molecule has 0 fully saturated rings. The van der Waals surface area contributed by atoms with Gasteiger partial charge < -0.3 is 14.5 Å². The van der Waals surface area contributed by atoms with Gasteiger partial charge in [0.15, 0.2) is 5.75 Å². The van der Waals surface area contributed by atoms with E-state index in [-0.39, 0.29) is 22.6 Å². The van der Waals surface area contributed by atoms with Crippen LogP contribution in [-0.4, -0.2) is 30.2 Å². The van der Waals surface area contributed by atoms with Gasteiger partial charge in [-0.1, -0.05) is 64.5 Å². The number of para-hydroxylation sites is 1. The van der Waals surface area contributed by atoms with Gasteiger partial charge in [-0.2, -0.15) is 18.3 Å². The number of hydrogen-bond acceptors (Lipinski definition) is 5. The number of nitrogens with zero attached hydrogens (tertiary/aromatic N) is 1. The summed E-state index contributed by atoms with van der Waals surface area (Å²) in [5.41, 5.74) is 3.82. The average molecular weight is 715 g/mol. The van der Waals surface area contributed by atoms with Crippen LogP contribution in [0.25, 0.3) is 22.0 Å². The molecule has 0 aliphatic heterocycles. The van der Waals surface area contributed by atoms with E-state index in [1.807, 2.05) is 42.5 Å². The number of esters is 1. The molecule has 5 aromatic rings. The van der Waals surface area contributed by atoms with Gasteiger partial charge in [-0.3, -0.25) is 4.79 Å². The molecule has 1 amide bonds. The first kappa shape index (κ1) is 30.1. The third kappa shape index (κ3) is 6.50. The molecular formula is C31H20Br2F3N3O4. The fourth-order valence-electron chi connectivity index (χ4n) is 4.41.